The molecule has 0 aromatic carbocycles. The molecular weight excluding hydrogens is 408 g/mol. The van der Waals surface area contributed by atoms with E-state index in [2.05, 4.69) is 0 Å². The minimum Gasteiger partial charge on any atom is -0.472 e. The number of carbonyl (C=O) groups is 3. The summed E-state index contributed by atoms with van der Waals surface area (Å²) in [5.74, 6) is -3.97. The predicted octanol–water partition coefficient (Wildman–Crippen LogP) is 1.47. The molecule has 2 aliphatic heterocycles. The van der Waals surface area contributed by atoms with Crippen LogP contribution in [0.25, 0.3) is 0 Å². The quantitative estimate of drug-likeness (QED) is 0.524. The number of fused-ring (bicyclic) bond motifs is 1. The molecule has 31 heavy (non-hydrogen) atoms. The smallest absolute Gasteiger partial charge is 0.317 e. The maximum atomic E-state index is 13.0. The van der Waals surface area contributed by atoms with Crippen molar-refractivity contribution in [2.75, 3.05) is 0 Å². The second kappa shape index (κ2) is 6.32. The van der Waals surface area contributed by atoms with Crippen LogP contribution in [0.5, 0.6) is 0 Å². The molecule has 4 fully saturated rings. The highest BCUT2D eigenvalue weighted by atomic mass is 16.6. The van der Waals surface area contributed by atoms with Crippen LogP contribution in [0, 0.1) is 28.6 Å². The third-order valence-electron chi connectivity index (χ3n) is 8.37. The highest BCUT2D eigenvalue weighted by Crippen LogP contribution is 2.74. The Bertz CT molecular complexity index is 941. The number of rotatable bonds is 2. The molecule has 2 saturated carbocycles. The molecule has 0 radical (unpaired) electrons. The maximum absolute atomic E-state index is 13.0. The van der Waals surface area contributed by atoms with Crippen LogP contribution in [0.1, 0.15) is 51.7 Å². The van der Waals surface area contributed by atoms with E-state index in [1.165, 1.54) is 19.5 Å². The van der Waals surface area contributed by atoms with Crippen molar-refractivity contribution in [3.05, 3.63) is 24.2 Å². The molecule has 0 spiro atoms. The summed E-state index contributed by atoms with van der Waals surface area (Å²) < 4.78 is 22.1. The van der Waals surface area contributed by atoms with Crippen molar-refractivity contribution in [3.63, 3.8) is 0 Å². The lowest BCUT2D eigenvalue weighted by Crippen LogP contribution is -2.75. The van der Waals surface area contributed by atoms with Gasteiger partial charge in [0, 0.05) is 18.4 Å². The zero-order chi connectivity index (χ0) is 22.3. The molecule has 1 aromatic heterocycles. The fourth-order valence-corrected chi connectivity index (χ4v) is 7.16. The summed E-state index contributed by atoms with van der Waals surface area (Å²) in [6.07, 6.45) is 0.295. The molecule has 3 heterocycles. The van der Waals surface area contributed by atoms with Crippen molar-refractivity contribution in [2.45, 2.75) is 64.1 Å². The Labute approximate surface area is 178 Å². The number of hydrogen-bond acceptors (Lipinski definition) is 9. The van der Waals surface area contributed by atoms with Gasteiger partial charge in [0.05, 0.1) is 29.3 Å². The van der Waals surface area contributed by atoms with Crippen molar-refractivity contribution in [1.29, 1.82) is 0 Å². The van der Waals surface area contributed by atoms with Crippen LogP contribution in [0.2, 0.25) is 0 Å². The van der Waals surface area contributed by atoms with Crippen LogP contribution in [0.15, 0.2) is 23.0 Å². The summed E-state index contributed by atoms with van der Waals surface area (Å²) in [6, 6.07) is 1.64. The lowest BCUT2D eigenvalue weighted by Gasteiger charge is -2.62. The van der Waals surface area contributed by atoms with Crippen molar-refractivity contribution in [1.82, 2.24) is 0 Å². The first-order chi connectivity index (χ1) is 14.6. The first-order valence-corrected chi connectivity index (χ1v) is 10.6. The van der Waals surface area contributed by atoms with Gasteiger partial charge in [-0.15, -0.1) is 0 Å². The minimum atomic E-state index is -1.95. The Morgan fingerprint density at radius 1 is 1.26 bits per heavy atom. The van der Waals surface area contributed by atoms with Gasteiger partial charge in [-0.1, -0.05) is 13.3 Å². The van der Waals surface area contributed by atoms with Gasteiger partial charge in [0.25, 0.3) is 0 Å². The highest BCUT2D eigenvalue weighted by Gasteiger charge is 2.86. The van der Waals surface area contributed by atoms with Gasteiger partial charge in [-0.2, -0.15) is 0 Å². The average Bonchev–Trinajstić information content (AvgIpc) is 3.30. The Balaban J connectivity index is 1.80. The zero-order valence-corrected chi connectivity index (χ0v) is 17.6. The van der Waals surface area contributed by atoms with E-state index in [1.807, 2.05) is 0 Å². The number of aliphatic hydroxyl groups is 2. The van der Waals surface area contributed by atoms with Gasteiger partial charge in [0.1, 0.15) is 17.8 Å². The van der Waals surface area contributed by atoms with E-state index < -0.39 is 70.6 Å². The monoisotopic (exact) mass is 434 g/mol. The number of esters is 3. The standard InChI is InChI=1S/C22H26O9/c1-10-14-13(15(30-17(10)24)12-5-8-28-9-12)16(29-11(2)23)22(27)20(3)6-4-7-21(14,22)19(26)31-18(20)25/h5,8-10,13-16,19,26-27H,4,6-7H2,1-3H3/t10-,13-,14-,15+,16+,19?,20+,21+,22+/m1/s1. The van der Waals surface area contributed by atoms with Crippen LogP contribution in [-0.2, 0) is 28.6 Å². The second-order valence-electron chi connectivity index (χ2n) is 9.59. The van der Waals surface area contributed by atoms with Gasteiger partial charge in [-0.3, -0.25) is 14.4 Å². The van der Waals surface area contributed by atoms with E-state index in [9.17, 15) is 24.6 Å². The molecule has 2 aliphatic carbocycles. The number of furan rings is 1. The molecule has 2 bridgehead atoms. The lowest BCUT2D eigenvalue weighted by atomic mass is 9.48. The first-order valence-electron chi connectivity index (χ1n) is 10.6. The molecule has 9 nitrogen and oxygen atoms in total. The molecule has 168 valence electrons. The highest BCUT2D eigenvalue weighted by molar-refractivity contribution is 5.82. The zero-order valence-electron chi connectivity index (χ0n) is 17.6. The summed E-state index contributed by atoms with van der Waals surface area (Å²) in [5.41, 5.74) is -4.21. The van der Waals surface area contributed by atoms with E-state index in [1.54, 1.807) is 19.9 Å². The van der Waals surface area contributed by atoms with Crippen LogP contribution < -0.4 is 0 Å². The molecule has 9 heteroatoms. The molecule has 4 aliphatic rings. The van der Waals surface area contributed by atoms with E-state index in [0.29, 0.717) is 24.8 Å². The Kier molecular flexibility index (Phi) is 4.18. The van der Waals surface area contributed by atoms with E-state index >= 15 is 0 Å². The Morgan fingerprint density at radius 2 is 2.00 bits per heavy atom. The molecule has 0 amide bonds. The second-order valence-corrected chi connectivity index (χ2v) is 9.59. The lowest BCUT2D eigenvalue weighted by molar-refractivity contribution is -0.332. The van der Waals surface area contributed by atoms with Gasteiger partial charge >= 0.3 is 17.9 Å². The van der Waals surface area contributed by atoms with Gasteiger partial charge in [-0.25, -0.2) is 0 Å². The predicted molar refractivity (Wildman–Crippen MR) is 101 cm³/mol. The van der Waals surface area contributed by atoms with E-state index in [4.69, 9.17) is 18.6 Å². The summed E-state index contributed by atoms with van der Waals surface area (Å²) >= 11 is 0. The van der Waals surface area contributed by atoms with Crippen LogP contribution >= 0.6 is 0 Å². The van der Waals surface area contributed by atoms with Crippen LogP contribution in [0.3, 0.4) is 0 Å². The van der Waals surface area contributed by atoms with Gasteiger partial charge < -0.3 is 28.8 Å². The van der Waals surface area contributed by atoms with Gasteiger partial charge in [0.2, 0.25) is 6.29 Å². The first kappa shape index (κ1) is 20.5. The summed E-state index contributed by atoms with van der Waals surface area (Å²) in [7, 11) is 0. The number of carbonyl (C=O) groups excluding carboxylic acids is 3. The number of cyclic esters (lactones) is 2. The van der Waals surface area contributed by atoms with Crippen LogP contribution in [-0.4, -0.2) is 46.1 Å². The molecule has 1 unspecified atom stereocenters. The summed E-state index contributed by atoms with van der Waals surface area (Å²) in [6.45, 7) is 4.49. The van der Waals surface area contributed by atoms with Crippen molar-refractivity contribution in [2.24, 2.45) is 28.6 Å². The normalized spacial score (nSPS) is 48.3. The molecule has 9 atom stereocenters. The molecule has 1 aromatic rings. The van der Waals surface area contributed by atoms with Gasteiger partial charge in [0.15, 0.2) is 0 Å². The maximum Gasteiger partial charge on any atom is 0.317 e. The molecular formula is C22H26O9. The third-order valence-corrected chi connectivity index (χ3v) is 8.37. The topological polar surface area (TPSA) is 132 Å². The minimum absolute atomic E-state index is 0.299. The SMILES string of the molecule is CC(=O)O[C@H]1[C@@H]2[C@@H]([C@@H](C)C(=O)O[C@H]2c2ccoc2)[C@@]23CCC[C@@](C)(C(=O)OC2O)[C@@]13O. The van der Waals surface area contributed by atoms with Crippen molar-refractivity contribution < 1.29 is 43.2 Å². The molecule has 2 N–H and O–H groups in total. The number of aliphatic hydroxyl groups excluding tert-OH is 1. The largest absolute Gasteiger partial charge is 0.472 e. The summed E-state index contributed by atoms with van der Waals surface area (Å²) in [4.78, 5) is 38.1. The number of hydrogen-bond donors (Lipinski definition) is 2. The summed E-state index contributed by atoms with van der Waals surface area (Å²) in [5, 5.41) is 23.5. The Morgan fingerprint density at radius 3 is 2.65 bits per heavy atom. The molecule has 5 rings (SSSR count). The third kappa shape index (κ3) is 2.21. The molecule has 2 saturated heterocycles. The van der Waals surface area contributed by atoms with Crippen LogP contribution in [0.4, 0.5) is 0 Å². The Hall–Kier alpha value is -2.39. The average molecular weight is 434 g/mol. The van der Waals surface area contributed by atoms with Crippen molar-refractivity contribution >= 4 is 17.9 Å². The fourth-order valence-electron chi connectivity index (χ4n) is 7.16. The van der Waals surface area contributed by atoms with E-state index in [0.717, 1.165) is 0 Å². The number of ether oxygens (including phenoxy) is 3. The van der Waals surface area contributed by atoms with Gasteiger partial charge in [-0.05, 0) is 31.7 Å². The fraction of sp³-hybridized carbons (Fsp3) is 0.682. The van der Waals surface area contributed by atoms with Crippen molar-refractivity contribution in [3.8, 4) is 0 Å². The van der Waals surface area contributed by atoms with E-state index in [-0.39, 0.29) is 0 Å².